The first-order chi connectivity index (χ1) is 8.24. The minimum atomic E-state index is -0.392. The van der Waals surface area contributed by atoms with Gasteiger partial charge in [-0.3, -0.25) is 4.90 Å². The summed E-state index contributed by atoms with van der Waals surface area (Å²) in [7, 11) is 1.69. The smallest absolute Gasteiger partial charge is 0.414 e. The van der Waals surface area contributed by atoms with Crippen LogP contribution in [0.5, 0.6) is 0 Å². The summed E-state index contributed by atoms with van der Waals surface area (Å²) >= 11 is 0. The van der Waals surface area contributed by atoms with Gasteiger partial charge in [-0.2, -0.15) is 0 Å². The van der Waals surface area contributed by atoms with Gasteiger partial charge < -0.3 is 4.74 Å². The highest BCUT2D eigenvalue weighted by atomic mass is 16.6. The Balaban J connectivity index is 2.44. The molecule has 0 bridgehead atoms. The van der Waals surface area contributed by atoms with Gasteiger partial charge in [0.15, 0.2) is 0 Å². The van der Waals surface area contributed by atoms with E-state index in [-0.39, 0.29) is 6.61 Å². The predicted molar refractivity (Wildman–Crippen MR) is 69.1 cm³/mol. The average molecular weight is 228 g/mol. The average Bonchev–Trinajstić information content (AvgIpc) is 2.37. The molecule has 0 aliphatic rings. The number of hydrogen-bond acceptors (Lipinski definition) is 2. The molecular weight excluding hydrogens is 214 g/mol. The Morgan fingerprint density at radius 1 is 1.24 bits per heavy atom. The van der Waals surface area contributed by atoms with Crippen molar-refractivity contribution >= 4 is 22.6 Å². The summed E-state index contributed by atoms with van der Waals surface area (Å²) in [5.41, 5.74) is 0.835. The van der Waals surface area contributed by atoms with E-state index in [0.29, 0.717) is 0 Å². The standard InChI is InChI=1S/C14H14NO2/c1-3-17-14(16)15(2)13-10-6-8-11-7-4-5-9-12(11)13/h4-10H,1,3H2,2H3. The first-order valence-corrected chi connectivity index (χ1v) is 5.41. The first kappa shape index (κ1) is 11.5. The van der Waals surface area contributed by atoms with Crippen LogP contribution in [0.1, 0.15) is 0 Å². The fourth-order valence-electron chi connectivity index (χ4n) is 1.78. The lowest BCUT2D eigenvalue weighted by Gasteiger charge is -2.18. The van der Waals surface area contributed by atoms with Crippen molar-refractivity contribution in [1.29, 1.82) is 0 Å². The van der Waals surface area contributed by atoms with Crippen LogP contribution in [0.25, 0.3) is 10.8 Å². The van der Waals surface area contributed by atoms with E-state index in [1.54, 1.807) is 7.05 Å². The van der Waals surface area contributed by atoms with Gasteiger partial charge in [0.25, 0.3) is 0 Å². The quantitative estimate of drug-likeness (QED) is 0.789. The van der Waals surface area contributed by atoms with Crippen molar-refractivity contribution in [2.24, 2.45) is 0 Å². The number of fused-ring (bicyclic) bond motifs is 1. The molecule has 1 amide bonds. The second-order valence-corrected chi connectivity index (χ2v) is 3.67. The third-order valence-corrected chi connectivity index (χ3v) is 2.63. The van der Waals surface area contributed by atoms with Crippen LogP contribution in [-0.2, 0) is 4.74 Å². The molecule has 3 heteroatoms. The number of nitrogens with zero attached hydrogens (tertiary/aromatic N) is 1. The lowest BCUT2D eigenvalue weighted by atomic mass is 10.1. The molecule has 0 fully saturated rings. The second-order valence-electron chi connectivity index (χ2n) is 3.67. The minimum absolute atomic E-state index is 0.133. The van der Waals surface area contributed by atoms with Gasteiger partial charge in [0, 0.05) is 12.4 Å². The summed E-state index contributed by atoms with van der Waals surface area (Å²) in [6.07, 6.45) is -0.392. The van der Waals surface area contributed by atoms with Crippen LogP contribution in [0, 0.1) is 6.92 Å². The number of anilines is 1. The van der Waals surface area contributed by atoms with Gasteiger partial charge in [0.2, 0.25) is 0 Å². The maximum atomic E-state index is 11.7. The predicted octanol–water partition coefficient (Wildman–Crippen LogP) is 3.25. The van der Waals surface area contributed by atoms with Crippen LogP contribution >= 0.6 is 0 Å². The molecule has 2 aromatic rings. The van der Waals surface area contributed by atoms with Crippen LogP contribution < -0.4 is 4.90 Å². The number of carbonyl (C=O) groups excluding carboxylic acids is 1. The van der Waals surface area contributed by atoms with Crippen molar-refractivity contribution in [2.75, 3.05) is 18.6 Å². The van der Waals surface area contributed by atoms with Crippen LogP contribution in [0.2, 0.25) is 0 Å². The monoisotopic (exact) mass is 228 g/mol. The Labute approximate surface area is 101 Å². The molecule has 0 aliphatic carbocycles. The van der Waals surface area contributed by atoms with E-state index in [1.807, 2.05) is 42.5 Å². The van der Waals surface area contributed by atoms with E-state index in [0.717, 1.165) is 16.5 Å². The number of amides is 1. The topological polar surface area (TPSA) is 29.5 Å². The largest absolute Gasteiger partial charge is 0.449 e. The second kappa shape index (κ2) is 4.87. The van der Waals surface area contributed by atoms with E-state index in [4.69, 9.17) is 4.74 Å². The summed E-state index contributed by atoms with van der Waals surface area (Å²) in [5, 5.41) is 2.12. The van der Waals surface area contributed by atoms with Gasteiger partial charge in [-0.1, -0.05) is 36.4 Å². The SMILES string of the molecule is [CH2]COC(=O)N(C)c1cccc2ccccc12. The van der Waals surface area contributed by atoms with Crippen molar-refractivity contribution in [1.82, 2.24) is 0 Å². The van der Waals surface area contributed by atoms with Gasteiger partial charge in [0.05, 0.1) is 12.3 Å². The molecule has 2 aromatic carbocycles. The van der Waals surface area contributed by atoms with E-state index in [2.05, 4.69) is 6.92 Å². The summed E-state index contributed by atoms with van der Waals surface area (Å²) in [5.74, 6) is 0. The van der Waals surface area contributed by atoms with Gasteiger partial charge in [-0.05, 0) is 18.4 Å². The molecule has 0 spiro atoms. The van der Waals surface area contributed by atoms with E-state index >= 15 is 0 Å². The Hall–Kier alpha value is -2.03. The molecular formula is C14H14NO2. The van der Waals surface area contributed by atoms with Crippen molar-refractivity contribution < 1.29 is 9.53 Å². The number of ether oxygens (including phenoxy) is 1. The van der Waals surface area contributed by atoms with Gasteiger partial charge in [-0.25, -0.2) is 4.79 Å². The van der Waals surface area contributed by atoms with Crippen molar-refractivity contribution in [3.8, 4) is 0 Å². The Kier molecular flexibility index (Phi) is 3.28. The van der Waals surface area contributed by atoms with Crippen LogP contribution in [-0.4, -0.2) is 19.7 Å². The summed E-state index contributed by atoms with van der Waals surface area (Å²) in [6, 6.07) is 13.8. The first-order valence-electron chi connectivity index (χ1n) is 5.41. The van der Waals surface area contributed by atoms with Gasteiger partial charge in [-0.15, -0.1) is 0 Å². The highest BCUT2D eigenvalue weighted by Crippen LogP contribution is 2.26. The highest BCUT2D eigenvalue weighted by Gasteiger charge is 2.13. The molecule has 0 N–H and O–H groups in total. The van der Waals surface area contributed by atoms with E-state index < -0.39 is 6.09 Å². The van der Waals surface area contributed by atoms with Gasteiger partial charge >= 0.3 is 6.09 Å². The lowest BCUT2D eigenvalue weighted by molar-refractivity contribution is 0.167. The zero-order valence-corrected chi connectivity index (χ0v) is 9.72. The third-order valence-electron chi connectivity index (χ3n) is 2.63. The van der Waals surface area contributed by atoms with Crippen molar-refractivity contribution in [3.63, 3.8) is 0 Å². The van der Waals surface area contributed by atoms with Crippen LogP contribution in [0.4, 0.5) is 10.5 Å². The number of rotatable bonds is 2. The molecule has 0 aliphatic heterocycles. The van der Waals surface area contributed by atoms with Crippen molar-refractivity contribution in [3.05, 3.63) is 49.4 Å². The summed E-state index contributed by atoms with van der Waals surface area (Å²) < 4.78 is 4.88. The molecule has 0 saturated carbocycles. The zero-order valence-electron chi connectivity index (χ0n) is 9.72. The molecule has 87 valence electrons. The van der Waals surface area contributed by atoms with Crippen molar-refractivity contribution in [2.45, 2.75) is 0 Å². The molecule has 2 rings (SSSR count). The van der Waals surface area contributed by atoms with Crippen LogP contribution in [0.3, 0.4) is 0 Å². The highest BCUT2D eigenvalue weighted by molar-refractivity contribution is 6.01. The third kappa shape index (κ3) is 2.23. The van der Waals surface area contributed by atoms with E-state index in [9.17, 15) is 4.79 Å². The molecule has 0 saturated heterocycles. The fraction of sp³-hybridized carbons (Fsp3) is 0.143. The normalized spacial score (nSPS) is 10.2. The molecule has 0 unspecified atom stereocenters. The number of carbonyl (C=O) groups is 1. The minimum Gasteiger partial charge on any atom is -0.449 e. The number of hydrogen-bond donors (Lipinski definition) is 0. The Bertz CT molecular complexity index is 531. The fourth-order valence-corrected chi connectivity index (χ4v) is 1.78. The van der Waals surface area contributed by atoms with Crippen LogP contribution in [0.15, 0.2) is 42.5 Å². The molecule has 1 radical (unpaired) electrons. The lowest BCUT2D eigenvalue weighted by Crippen LogP contribution is -2.27. The zero-order chi connectivity index (χ0) is 12.3. The molecule has 0 heterocycles. The maximum Gasteiger partial charge on any atom is 0.414 e. The Morgan fingerprint density at radius 2 is 1.94 bits per heavy atom. The molecule has 3 nitrogen and oxygen atoms in total. The Morgan fingerprint density at radius 3 is 2.71 bits per heavy atom. The van der Waals surface area contributed by atoms with Gasteiger partial charge in [0.1, 0.15) is 0 Å². The summed E-state index contributed by atoms with van der Waals surface area (Å²) in [4.78, 5) is 13.1. The molecule has 0 atom stereocenters. The number of benzene rings is 2. The molecule has 0 aromatic heterocycles. The van der Waals surface area contributed by atoms with E-state index in [1.165, 1.54) is 4.90 Å². The summed E-state index contributed by atoms with van der Waals surface area (Å²) in [6.45, 7) is 3.63. The molecule has 17 heavy (non-hydrogen) atoms. The maximum absolute atomic E-state index is 11.7.